The second-order valence-corrected chi connectivity index (χ2v) is 5.00. The van der Waals surface area contributed by atoms with Crippen LogP contribution in [0.3, 0.4) is 0 Å². The fourth-order valence-corrected chi connectivity index (χ4v) is 1.58. The summed E-state index contributed by atoms with van der Waals surface area (Å²) < 4.78 is 0. The van der Waals surface area contributed by atoms with Crippen molar-refractivity contribution in [1.82, 2.24) is 4.98 Å². The molecule has 2 rings (SSSR count). The molecule has 1 amide bonds. The molecule has 1 aliphatic carbocycles. The van der Waals surface area contributed by atoms with E-state index in [2.05, 4.69) is 15.6 Å². The van der Waals surface area contributed by atoms with E-state index >= 15 is 0 Å². The third kappa shape index (κ3) is 4.06. The van der Waals surface area contributed by atoms with Crippen molar-refractivity contribution in [2.75, 3.05) is 10.6 Å². The number of hydrogen-bond acceptors (Lipinski definition) is 3. The zero-order chi connectivity index (χ0) is 12.3. The number of carbonyl (C=O) groups is 1. The second-order valence-electron chi connectivity index (χ2n) is 5.00. The van der Waals surface area contributed by atoms with Crippen molar-refractivity contribution in [2.45, 2.75) is 39.2 Å². The van der Waals surface area contributed by atoms with Gasteiger partial charge in [0.05, 0.1) is 11.9 Å². The van der Waals surface area contributed by atoms with Gasteiger partial charge < -0.3 is 10.6 Å². The van der Waals surface area contributed by atoms with Crippen molar-refractivity contribution in [1.29, 1.82) is 0 Å². The van der Waals surface area contributed by atoms with Crippen LogP contribution >= 0.6 is 0 Å². The molecule has 1 aromatic heterocycles. The predicted octanol–water partition coefficient (Wildman–Crippen LogP) is 2.64. The minimum atomic E-state index is 0.0235. The molecule has 92 valence electrons. The number of amides is 1. The van der Waals surface area contributed by atoms with Gasteiger partial charge in [-0.15, -0.1) is 0 Å². The van der Waals surface area contributed by atoms with Crippen LogP contribution in [0.1, 0.15) is 33.1 Å². The number of aromatic nitrogens is 1. The van der Waals surface area contributed by atoms with Gasteiger partial charge >= 0.3 is 0 Å². The van der Waals surface area contributed by atoms with Gasteiger partial charge in [-0.1, -0.05) is 13.8 Å². The summed E-state index contributed by atoms with van der Waals surface area (Å²) in [6.45, 7) is 4.05. The standard InChI is InChI=1S/C13H19N3O/c1-9(2)7-13(17)16-12-6-5-11(8-14-12)15-10-3-4-10/h5-6,8-10,15H,3-4,7H2,1-2H3,(H,14,16,17). The summed E-state index contributed by atoms with van der Waals surface area (Å²) in [6, 6.07) is 4.41. The van der Waals surface area contributed by atoms with Crippen molar-refractivity contribution < 1.29 is 4.79 Å². The third-order valence-corrected chi connectivity index (χ3v) is 2.57. The maximum absolute atomic E-state index is 11.5. The van der Waals surface area contributed by atoms with E-state index in [9.17, 15) is 4.79 Å². The molecule has 0 saturated heterocycles. The summed E-state index contributed by atoms with van der Waals surface area (Å²) >= 11 is 0. The molecule has 4 nitrogen and oxygen atoms in total. The highest BCUT2D eigenvalue weighted by atomic mass is 16.1. The Labute approximate surface area is 102 Å². The number of anilines is 2. The first-order chi connectivity index (χ1) is 8.13. The Hall–Kier alpha value is -1.58. The maximum Gasteiger partial charge on any atom is 0.225 e. The topological polar surface area (TPSA) is 54.0 Å². The first kappa shape index (κ1) is 11.9. The zero-order valence-corrected chi connectivity index (χ0v) is 10.4. The summed E-state index contributed by atoms with van der Waals surface area (Å²) in [6.07, 6.45) is 4.78. The van der Waals surface area contributed by atoms with Gasteiger partial charge in [-0.3, -0.25) is 4.79 Å². The quantitative estimate of drug-likeness (QED) is 0.822. The van der Waals surface area contributed by atoms with Gasteiger partial charge in [-0.05, 0) is 30.9 Å². The van der Waals surface area contributed by atoms with E-state index in [1.54, 1.807) is 6.20 Å². The lowest BCUT2D eigenvalue weighted by Crippen LogP contribution is -2.14. The Bertz CT molecular complexity index is 382. The van der Waals surface area contributed by atoms with E-state index < -0.39 is 0 Å². The van der Waals surface area contributed by atoms with E-state index in [1.807, 2.05) is 26.0 Å². The molecule has 0 atom stereocenters. The van der Waals surface area contributed by atoms with Crippen molar-refractivity contribution in [3.8, 4) is 0 Å². The SMILES string of the molecule is CC(C)CC(=O)Nc1ccc(NC2CC2)cn1. The number of nitrogens with one attached hydrogen (secondary N) is 2. The molecule has 1 fully saturated rings. The lowest BCUT2D eigenvalue weighted by Gasteiger charge is -2.08. The molecule has 1 aliphatic rings. The largest absolute Gasteiger partial charge is 0.381 e. The fourth-order valence-electron chi connectivity index (χ4n) is 1.58. The minimum Gasteiger partial charge on any atom is -0.381 e. The molecule has 1 saturated carbocycles. The number of pyridine rings is 1. The Kier molecular flexibility index (Phi) is 3.61. The first-order valence-corrected chi connectivity index (χ1v) is 6.16. The minimum absolute atomic E-state index is 0.0235. The van der Waals surface area contributed by atoms with Gasteiger partial charge in [0.1, 0.15) is 5.82 Å². The number of nitrogens with zero attached hydrogens (tertiary/aromatic N) is 1. The Balaban J connectivity index is 1.86. The van der Waals surface area contributed by atoms with Crippen LogP contribution in [0.25, 0.3) is 0 Å². The Morgan fingerprint density at radius 3 is 2.76 bits per heavy atom. The van der Waals surface area contributed by atoms with Crippen LogP contribution in [0.4, 0.5) is 11.5 Å². The zero-order valence-electron chi connectivity index (χ0n) is 10.4. The van der Waals surface area contributed by atoms with Gasteiger partial charge in [-0.25, -0.2) is 4.98 Å². The maximum atomic E-state index is 11.5. The van der Waals surface area contributed by atoms with Gasteiger partial charge in [0, 0.05) is 12.5 Å². The van der Waals surface area contributed by atoms with Crippen LogP contribution in [0.2, 0.25) is 0 Å². The molecule has 17 heavy (non-hydrogen) atoms. The molecule has 0 bridgehead atoms. The highest BCUT2D eigenvalue weighted by Crippen LogP contribution is 2.24. The third-order valence-electron chi connectivity index (χ3n) is 2.57. The number of rotatable bonds is 5. The highest BCUT2D eigenvalue weighted by molar-refractivity contribution is 5.89. The lowest BCUT2D eigenvalue weighted by atomic mass is 10.1. The van der Waals surface area contributed by atoms with E-state index in [4.69, 9.17) is 0 Å². The molecule has 0 spiro atoms. The summed E-state index contributed by atoms with van der Waals surface area (Å²) in [5.41, 5.74) is 1.02. The van der Waals surface area contributed by atoms with Crippen LogP contribution in [0.15, 0.2) is 18.3 Å². The van der Waals surface area contributed by atoms with Crippen LogP contribution in [0.5, 0.6) is 0 Å². The lowest BCUT2D eigenvalue weighted by molar-refractivity contribution is -0.116. The average molecular weight is 233 g/mol. The van der Waals surface area contributed by atoms with Crippen LogP contribution in [0, 0.1) is 5.92 Å². The Morgan fingerprint density at radius 1 is 1.47 bits per heavy atom. The smallest absolute Gasteiger partial charge is 0.225 e. The monoisotopic (exact) mass is 233 g/mol. The molecule has 0 radical (unpaired) electrons. The molecular formula is C13H19N3O. The van der Waals surface area contributed by atoms with Gasteiger partial charge in [0.2, 0.25) is 5.91 Å². The molecule has 1 aromatic rings. The van der Waals surface area contributed by atoms with Gasteiger partial charge in [-0.2, -0.15) is 0 Å². The van der Waals surface area contributed by atoms with Crippen molar-refractivity contribution in [2.24, 2.45) is 5.92 Å². The van der Waals surface area contributed by atoms with Gasteiger partial charge in [0.25, 0.3) is 0 Å². The van der Waals surface area contributed by atoms with Crippen molar-refractivity contribution in [3.63, 3.8) is 0 Å². The predicted molar refractivity (Wildman–Crippen MR) is 69.0 cm³/mol. The number of carbonyl (C=O) groups excluding carboxylic acids is 1. The van der Waals surface area contributed by atoms with Crippen LogP contribution in [-0.2, 0) is 4.79 Å². The highest BCUT2D eigenvalue weighted by Gasteiger charge is 2.20. The summed E-state index contributed by atoms with van der Waals surface area (Å²) in [5.74, 6) is 1.01. The molecule has 0 aliphatic heterocycles. The second kappa shape index (κ2) is 5.17. The first-order valence-electron chi connectivity index (χ1n) is 6.16. The molecule has 1 heterocycles. The Morgan fingerprint density at radius 2 is 2.24 bits per heavy atom. The van der Waals surface area contributed by atoms with Crippen LogP contribution in [-0.4, -0.2) is 16.9 Å². The van der Waals surface area contributed by atoms with Crippen molar-refractivity contribution in [3.05, 3.63) is 18.3 Å². The summed E-state index contributed by atoms with van der Waals surface area (Å²) in [7, 11) is 0. The summed E-state index contributed by atoms with van der Waals surface area (Å²) in [5, 5.41) is 6.14. The average Bonchev–Trinajstić information content (AvgIpc) is 3.03. The molecule has 0 aromatic carbocycles. The normalized spacial score (nSPS) is 14.8. The fraction of sp³-hybridized carbons (Fsp3) is 0.538. The van der Waals surface area contributed by atoms with Crippen molar-refractivity contribution >= 4 is 17.4 Å². The molecule has 2 N–H and O–H groups in total. The summed E-state index contributed by atoms with van der Waals surface area (Å²) in [4.78, 5) is 15.7. The number of hydrogen-bond donors (Lipinski definition) is 2. The van der Waals surface area contributed by atoms with Gasteiger partial charge in [0.15, 0.2) is 0 Å². The van der Waals surface area contributed by atoms with E-state index in [1.165, 1.54) is 12.8 Å². The molecule has 4 heteroatoms. The van der Waals surface area contributed by atoms with E-state index in [0.717, 1.165) is 5.69 Å². The van der Waals surface area contributed by atoms with Crippen LogP contribution < -0.4 is 10.6 Å². The van der Waals surface area contributed by atoms with E-state index in [-0.39, 0.29) is 5.91 Å². The molecule has 0 unspecified atom stereocenters. The molecular weight excluding hydrogens is 214 g/mol. The van der Waals surface area contributed by atoms with E-state index in [0.29, 0.717) is 24.2 Å².